The van der Waals surface area contributed by atoms with Crippen LogP contribution in [-0.2, 0) is 23.8 Å². The second-order valence-corrected chi connectivity index (χ2v) is 6.36. The molecule has 3 rings (SSSR count). The first kappa shape index (κ1) is 15.6. The summed E-state index contributed by atoms with van der Waals surface area (Å²) < 4.78 is 23.4. The lowest BCUT2D eigenvalue weighted by Gasteiger charge is -2.56. The zero-order chi connectivity index (χ0) is 15.4. The van der Waals surface area contributed by atoms with Gasteiger partial charge in [0.1, 0.15) is 12.2 Å². The van der Waals surface area contributed by atoms with E-state index in [-0.39, 0.29) is 18.1 Å². The zero-order valence-electron chi connectivity index (χ0n) is 13.2. The van der Waals surface area contributed by atoms with Crippen LogP contribution in [-0.4, -0.2) is 74.0 Å². The monoisotopic (exact) mass is 303 g/mol. The van der Waals surface area contributed by atoms with Crippen LogP contribution in [0.25, 0.3) is 0 Å². The minimum atomic E-state index is -1.09. The van der Waals surface area contributed by atoms with Crippen LogP contribution in [0.15, 0.2) is 0 Å². The molecular formula is C14H25NO6. The molecule has 2 saturated heterocycles. The fourth-order valence-corrected chi connectivity index (χ4v) is 3.72. The van der Waals surface area contributed by atoms with Gasteiger partial charge in [-0.15, -0.1) is 0 Å². The summed E-state index contributed by atoms with van der Waals surface area (Å²) in [6.45, 7) is 4.15. The highest BCUT2D eigenvalue weighted by atomic mass is 16.8. The molecule has 0 aromatic heterocycles. The smallest absolute Gasteiger partial charge is 0.220 e. The van der Waals surface area contributed by atoms with Crippen molar-refractivity contribution in [1.29, 1.82) is 0 Å². The standard InChI is InChI=1S/C14H25NO6/c1-13(17-4)14(2,18-5)21-12-10-8(7-19-15(10)3)6-9(16)11(12)20-13/h8-12,16H,6-7H2,1-5H3/t8-,9+,10-,11+,12+,13-,14-/m0/s1. The molecule has 0 aromatic rings. The molecule has 0 aromatic carbocycles. The normalized spacial score (nSPS) is 54.3. The van der Waals surface area contributed by atoms with Gasteiger partial charge in [0.2, 0.25) is 11.6 Å². The highest BCUT2D eigenvalue weighted by Crippen LogP contribution is 2.46. The van der Waals surface area contributed by atoms with E-state index in [1.54, 1.807) is 28.1 Å². The minimum Gasteiger partial charge on any atom is -0.390 e. The Kier molecular flexibility index (Phi) is 3.81. The van der Waals surface area contributed by atoms with Gasteiger partial charge in [0.05, 0.1) is 18.8 Å². The predicted molar refractivity (Wildman–Crippen MR) is 72.2 cm³/mol. The number of fused-ring (bicyclic) bond motifs is 3. The van der Waals surface area contributed by atoms with Crippen molar-refractivity contribution in [3.63, 3.8) is 0 Å². The van der Waals surface area contributed by atoms with Crippen LogP contribution in [0.3, 0.4) is 0 Å². The Morgan fingerprint density at radius 1 is 1.10 bits per heavy atom. The van der Waals surface area contributed by atoms with Crippen LogP contribution in [0.5, 0.6) is 0 Å². The van der Waals surface area contributed by atoms with Gasteiger partial charge in [0, 0.05) is 27.2 Å². The number of methoxy groups -OCH3 is 2. The van der Waals surface area contributed by atoms with Crippen LogP contribution in [0.4, 0.5) is 0 Å². The quantitative estimate of drug-likeness (QED) is 0.777. The summed E-state index contributed by atoms with van der Waals surface area (Å²) in [6, 6.07) is 0.0364. The first-order valence-corrected chi connectivity index (χ1v) is 7.35. The zero-order valence-corrected chi connectivity index (χ0v) is 13.2. The average Bonchev–Trinajstić information content (AvgIpc) is 2.82. The minimum absolute atomic E-state index is 0.0364. The Bertz CT molecular complexity index is 409. The Hall–Kier alpha value is -0.280. The number of hydroxylamine groups is 2. The van der Waals surface area contributed by atoms with Gasteiger partial charge in [0.25, 0.3) is 0 Å². The molecule has 1 N–H and O–H groups in total. The third-order valence-corrected chi connectivity index (χ3v) is 5.30. The highest BCUT2D eigenvalue weighted by Gasteiger charge is 2.63. The molecule has 21 heavy (non-hydrogen) atoms. The van der Waals surface area contributed by atoms with E-state index in [9.17, 15) is 5.11 Å². The van der Waals surface area contributed by atoms with Gasteiger partial charge in [-0.1, -0.05) is 0 Å². The number of rotatable bonds is 2. The van der Waals surface area contributed by atoms with E-state index in [1.807, 2.05) is 12.1 Å². The lowest BCUT2D eigenvalue weighted by Crippen LogP contribution is -2.72. The van der Waals surface area contributed by atoms with Crippen LogP contribution in [0.1, 0.15) is 20.3 Å². The maximum Gasteiger partial charge on any atom is 0.220 e. The Morgan fingerprint density at radius 2 is 1.67 bits per heavy atom. The van der Waals surface area contributed by atoms with Crippen LogP contribution in [0.2, 0.25) is 0 Å². The van der Waals surface area contributed by atoms with Crippen molar-refractivity contribution < 1.29 is 28.9 Å². The summed E-state index contributed by atoms with van der Waals surface area (Å²) in [5.74, 6) is -1.93. The second-order valence-electron chi connectivity index (χ2n) is 6.36. The summed E-state index contributed by atoms with van der Waals surface area (Å²) in [5.41, 5.74) is 0. The third-order valence-electron chi connectivity index (χ3n) is 5.30. The first-order chi connectivity index (χ1) is 9.85. The van der Waals surface area contributed by atoms with Gasteiger partial charge in [-0.2, -0.15) is 5.06 Å². The van der Waals surface area contributed by atoms with Crippen LogP contribution < -0.4 is 0 Å². The van der Waals surface area contributed by atoms with E-state index in [4.69, 9.17) is 23.8 Å². The summed E-state index contributed by atoms with van der Waals surface area (Å²) >= 11 is 0. The molecule has 0 bridgehead atoms. The molecule has 2 aliphatic heterocycles. The maximum atomic E-state index is 10.4. The number of aliphatic hydroxyl groups is 1. The average molecular weight is 303 g/mol. The fraction of sp³-hybridized carbons (Fsp3) is 1.00. The Labute approximate surface area is 125 Å². The molecule has 1 saturated carbocycles. The molecule has 7 atom stereocenters. The second kappa shape index (κ2) is 5.13. The van der Waals surface area contributed by atoms with Crippen molar-refractivity contribution >= 4 is 0 Å². The summed E-state index contributed by atoms with van der Waals surface area (Å²) in [6.07, 6.45) is -0.784. The summed E-state index contributed by atoms with van der Waals surface area (Å²) in [7, 11) is 4.99. The first-order valence-electron chi connectivity index (χ1n) is 7.35. The van der Waals surface area contributed by atoms with E-state index in [1.165, 1.54) is 0 Å². The molecule has 0 amide bonds. The van der Waals surface area contributed by atoms with Gasteiger partial charge < -0.3 is 24.1 Å². The molecule has 7 heteroatoms. The van der Waals surface area contributed by atoms with E-state index in [2.05, 4.69) is 0 Å². The Morgan fingerprint density at radius 3 is 2.24 bits per heavy atom. The molecule has 0 radical (unpaired) electrons. The van der Waals surface area contributed by atoms with Crippen molar-refractivity contribution in [1.82, 2.24) is 5.06 Å². The maximum absolute atomic E-state index is 10.4. The predicted octanol–water partition coefficient (Wildman–Crippen LogP) is 0.122. The largest absolute Gasteiger partial charge is 0.390 e. The van der Waals surface area contributed by atoms with E-state index in [0.717, 1.165) is 0 Å². The molecule has 3 aliphatic rings. The van der Waals surface area contributed by atoms with E-state index in [0.29, 0.717) is 13.0 Å². The molecule has 7 nitrogen and oxygen atoms in total. The van der Waals surface area contributed by atoms with Gasteiger partial charge in [-0.25, -0.2) is 0 Å². The van der Waals surface area contributed by atoms with Crippen molar-refractivity contribution in [2.45, 2.75) is 56.2 Å². The number of aliphatic hydroxyl groups excluding tert-OH is 1. The third kappa shape index (κ3) is 2.15. The summed E-state index contributed by atoms with van der Waals surface area (Å²) in [5, 5.41) is 12.2. The summed E-state index contributed by atoms with van der Waals surface area (Å²) in [4.78, 5) is 5.59. The van der Waals surface area contributed by atoms with E-state index >= 15 is 0 Å². The SMILES string of the molecule is CO[C@@]1(C)O[C@H]2[C@H](O[C@]1(C)OC)[C@H](O)C[C@H]1CON(C)[C@@H]12. The van der Waals surface area contributed by atoms with Gasteiger partial charge in [-0.3, -0.25) is 4.84 Å². The molecule has 1 aliphatic carbocycles. The molecule has 3 fully saturated rings. The number of ether oxygens (including phenoxy) is 4. The molecular weight excluding hydrogens is 278 g/mol. The molecule has 122 valence electrons. The van der Waals surface area contributed by atoms with Gasteiger partial charge >= 0.3 is 0 Å². The topological polar surface area (TPSA) is 69.6 Å². The lowest BCUT2D eigenvalue weighted by molar-refractivity contribution is -0.463. The van der Waals surface area contributed by atoms with Crippen molar-refractivity contribution in [3.05, 3.63) is 0 Å². The number of hydrogen-bond acceptors (Lipinski definition) is 7. The van der Waals surface area contributed by atoms with Gasteiger partial charge in [0.15, 0.2) is 0 Å². The van der Waals surface area contributed by atoms with Crippen molar-refractivity contribution in [2.24, 2.45) is 5.92 Å². The molecule has 0 spiro atoms. The van der Waals surface area contributed by atoms with Crippen LogP contribution in [0, 0.1) is 5.92 Å². The highest BCUT2D eigenvalue weighted by molar-refractivity contribution is 5.04. The Balaban J connectivity index is 1.93. The fourth-order valence-electron chi connectivity index (χ4n) is 3.72. The lowest BCUT2D eigenvalue weighted by atomic mass is 9.78. The molecule has 2 heterocycles. The number of likely N-dealkylation sites (N-methyl/N-ethyl adjacent to an activating group) is 1. The number of hydrogen-bond donors (Lipinski definition) is 1. The molecule has 0 unspecified atom stereocenters. The number of nitrogens with zero attached hydrogens (tertiary/aromatic N) is 1. The van der Waals surface area contributed by atoms with Gasteiger partial charge in [-0.05, 0) is 20.3 Å². The van der Waals surface area contributed by atoms with Crippen molar-refractivity contribution in [2.75, 3.05) is 27.9 Å². The van der Waals surface area contributed by atoms with E-state index < -0.39 is 23.8 Å². The van der Waals surface area contributed by atoms with Crippen LogP contribution >= 0.6 is 0 Å². The van der Waals surface area contributed by atoms with Crippen molar-refractivity contribution in [3.8, 4) is 0 Å².